The number of H-pyrrole nitrogens is 1. The van der Waals surface area contributed by atoms with Gasteiger partial charge in [0.25, 0.3) is 0 Å². The normalized spacial score (nSPS) is 15.7. The fourth-order valence-electron chi connectivity index (χ4n) is 2.85. The third-order valence-corrected chi connectivity index (χ3v) is 5.82. The number of hydrazone groups is 1. The summed E-state index contributed by atoms with van der Waals surface area (Å²) in [6.45, 7) is 6.72. The highest BCUT2D eigenvalue weighted by molar-refractivity contribution is 8.14. The van der Waals surface area contributed by atoms with Crippen molar-refractivity contribution in [3.63, 3.8) is 0 Å². The molecule has 1 aliphatic rings. The Labute approximate surface area is 161 Å². The summed E-state index contributed by atoms with van der Waals surface area (Å²) in [4.78, 5) is 21.4. The molecule has 8 heteroatoms. The van der Waals surface area contributed by atoms with Gasteiger partial charge in [0.1, 0.15) is 0 Å². The van der Waals surface area contributed by atoms with Gasteiger partial charge in [-0.2, -0.15) is 5.10 Å². The molecule has 0 aliphatic carbocycles. The van der Waals surface area contributed by atoms with E-state index in [0.717, 1.165) is 40.8 Å². The van der Waals surface area contributed by atoms with Crippen molar-refractivity contribution in [2.75, 3.05) is 18.9 Å². The Balaban J connectivity index is 1.72. The molecular weight excluding hydrogens is 368 g/mol. The molecule has 2 aromatic rings. The van der Waals surface area contributed by atoms with Gasteiger partial charge in [-0.3, -0.25) is 10.4 Å². The predicted molar refractivity (Wildman–Crippen MR) is 109 cm³/mol. The van der Waals surface area contributed by atoms with Gasteiger partial charge in [-0.15, -0.1) is 11.3 Å². The highest BCUT2D eigenvalue weighted by Gasteiger charge is 2.25. The molecule has 0 radical (unpaired) electrons. The first-order valence-electron chi connectivity index (χ1n) is 8.49. The Bertz CT molecular complexity index is 838. The number of aryl methyl sites for hydroxylation is 2. The van der Waals surface area contributed by atoms with E-state index in [4.69, 9.17) is 4.74 Å². The lowest BCUT2D eigenvalue weighted by atomic mass is 10.1. The summed E-state index contributed by atoms with van der Waals surface area (Å²) < 4.78 is 5.20. The SMILES string of the molecule is CCOC(=O)c1c(C)[nH]c(C)c1C1=NNC(=NCCc2cccs2)SC1. The molecule has 0 bridgehead atoms. The number of rotatable bonds is 6. The fraction of sp³-hybridized carbons (Fsp3) is 0.389. The van der Waals surface area contributed by atoms with Crippen LogP contribution in [-0.4, -0.2) is 40.7 Å². The van der Waals surface area contributed by atoms with E-state index in [2.05, 4.69) is 38.0 Å². The van der Waals surface area contributed by atoms with Crippen LogP contribution in [0, 0.1) is 13.8 Å². The van der Waals surface area contributed by atoms with Crippen LogP contribution in [0.4, 0.5) is 0 Å². The van der Waals surface area contributed by atoms with Crippen LogP contribution < -0.4 is 5.43 Å². The fourth-order valence-corrected chi connectivity index (χ4v) is 4.32. The number of nitrogens with zero attached hydrogens (tertiary/aromatic N) is 2. The summed E-state index contributed by atoms with van der Waals surface area (Å²) >= 11 is 3.35. The molecule has 26 heavy (non-hydrogen) atoms. The van der Waals surface area contributed by atoms with Crippen LogP contribution in [0.15, 0.2) is 27.6 Å². The molecule has 0 saturated heterocycles. The van der Waals surface area contributed by atoms with Gasteiger partial charge in [0.05, 0.1) is 17.9 Å². The van der Waals surface area contributed by atoms with E-state index in [1.807, 2.05) is 13.8 Å². The molecule has 6 nitrogen and oxygen atoms in total. The lowest BCUT2D eigenvalue weighted by Crippen LogP contribution is -2.27. The quantitative estimate of drug-likeness (QED) is 0.740. The van der Waals surface area contributed by atoms with Crippen LogP contribution in [0.3, 0.4) is 0 Å². The molecule has 0 atom stereocenters. The van der Waals surface area contributed by atoms with Crippen molar-refractivity contribution in [1.82, 2.24) is 10.4 Å². The van der Waals surface area contributed by atoms with Crippen molar-refractivity contribution in [2.45, 2.75) is 27.2 Å². The van der Waals surface area contributed by atoms with Crippen molar-refractivity contribution < 1.29 is 9.53 Å². The maximum absolute atomic E-state index is 12.3. The van der Waals surface area contributed by atoms with Gasteiger partial charge >= 0.3 is 5.97 Å². The Morgan fingerprint density at radius 2 is 2.23 bits per heavy atom. The van der Waals surface area contributed by atoms with Gasteiger partial charge in [-0.05, 0) is 32.2 Å². The standard InChI is InChI=1S/C18H22N4O2S2/c1-4-24-17(23)16-12(3)20-11(2)15(16)14-10-26-18(22-21-14)19-8-7-13-6-5-9-25-13/h5-6,9,20H,4,7-8,10H2,1-3H3,(H,19,22). The van der Waals surface area contributed by atoms with Gasteiger partial charge < -0.3 is 9.72 Å². The first kappa shape index (κ1) is 18.7. The zero-order valence-corrected chi connectivity index (χ0v) is 16.7. The summed E-state index contributed by atoms with van der Waals surface area (Å²) in [7, 11) is 0. The Morgan fingerprint density at radius 3 is 2.88 bits per heavy atom. The zero-order valence-electron chi connectivity index (χ0n) is 15.1. The minimum Gasteiger partial charge on any atom is -0.462 e. The molecule has 2 N–H and O–H groups in total. The number of aromatic amines is 1. The van der Waals surface area contributed by atoms with E-state index >= 15 is 0 Å². The number of carbonyl (C=O) groups excluding carboxylic acids is 1. The molecule has 0 unspecified atom stereocenters. The van der Waals surface area contributed by atoms with E-state index in [-0.39, 0.29) is 5.97 Å². The van der Waals surface area contributed by atoms with E-state index < -0.39 is 0 Å². The number of hydrogen-bond acceptors (Lipinski definition) is 6. The maximum atomic E-state index is 12.3. The van der Waals surface area contributed by atoms with Gasteiger partial charge in [-0.25, -0.2) is 4.79 Å². The second-order valence-corrected chi connectivity index (χ2v) is 7.82. The Morgan fingerprint density at radius 1 is 1.38 bits per heavy atom. The molecule has 1 aliphatic heterocycles. The number of thioether (sulfide) groups is 1. The Kier molecular flexibility index (Phi) is 6.16. The molecule has 0 amide bonds. The van der Waals surface area contributed by atoms with E-state index in [0.29, 0.717) is 17.9 Å². The third-order valence-electron chi connectivity index (χ3n) is 3.97. The largest absolute Gasteiger partial charge is 0.462 e. The second kappa shape index (κ2) is 8.55. The average molecular weight is 391 g/mol. The molecular formula is C18H22N4O2S2. The number of aliphatic imine (C=N–C) groups is 1. The number of ether oxygens (including phenoxy) is 1. The number of amidine groups is 1. The van der Waals surface area contributed by atoms with Crippen LogP contribution in [0.2, 0.25) is 0 Å². The predicted octanol–water partition coefficient (Wildman–Crippen LogP) is 3.51. The number of aromatic nitrogens is 1. The minimum atomic E-state index is -0.313. The molecule has 2 aromatic heterocycles. The summed E-state index contributed by atoms with van der Waals surface area (Å²) in [5.74, 6) is 0.350. The number of thiophene rings is 1. The lowest BCUT2D eigenvalue weighted by molar-refractivity contribution is 0.0525. The summed E-state index contributed by atoms with van der Waals surface area (Å²) in [5.41, 5.74) is 6.98. The lowest BCUT2D eigenvalue weighted by Gasteiger charge is -2.16. The van der Waals surface area contributed by atoms with Gasteiger partial charge in [0.2, 0.25) is 0 Å². The van der Waals surface area contributed by atoms with Gasteiger partial charge in [0, 0.05) is 40.5 Å². The third kappa shape index (κ3) is 4.19. The molecule has 0 spiro atoms. The van der Waals surface area contributed by atoms with Crippen LogP contribution in [0.1, 0.15) is 39.1 Å². The van der Waals surface area contributed by atoms with Crippen molar-refractivity contribution >= 4 is 39.9 Å². The summed E-state index contributed by atoms with van der Waals surface area (Å²) in [6, 6.07) is 4.18. The van der Waals surface area contributed by atoms with E-state index in [9.17, 15) is 4.79 Å². The minimum absolute atomic E-state index is 0.313. The molecule has 0 fully saturated rings. The summed E-state index contributed by atoms with van der Waals surface area (Å²) in [5, 5.41) is 7.36. The van der Waals surface area contributed by atoms with Crippen LogP contribution >= 0.6 is 23.1 Å². The summed E-state index contributed by atoms with van der Waals surface area (Å²) in [6.07, 6.45) is 0.934. The van der Waals surface area contributed by atoms with Gasteiger partial charge in [-0.1, -0.05) is 17.8 Å². The smallest absolute Gasteiger partial charge is 0.340 e. The molecule has 0 saturated carbocycles. The van der Waals surface area contributed by atoms with Crippen molar-refractivity contribution in [2.24, 2.45) is 10.1 Å². The van der Waals surface area contributed by atoms with E-state index in [1.165, 1.54) is 4.88 Å². The molecule has 3 heterocycles. The number of esters is 1. The van der Waals surface area contributed by atoms with Crippen molar-refractivity contribution in [3.8, 4) is 0 Å². The molecule has 138 valence electrons. The van der Waals surface area contributed by atoms with Crippen LogP contribution in [0.5, 0.6) is 0 Å². The van der Waals surface area contributed by atoms with Crippen LogP contribution in [0.25, 0.3) is 0 Å². The topological polar surface area (TPSA) is 78.8 Å². The second-order valence-electron chi connectivity index (χ2n) is 5.82. The number of carbonyl (C=O) groups is 1. The number of hydrogen-bond donors (Lipinski definition) is 2. The van der Waals surface area contributed by atoms with Crippen molar-refractivity contribution in [3.05, 3.63) is 44.9 Å². The first-order chi connectivity index (χ1) is 12.6. The number of nitrogens with one attached hydrogen (secondary N) is 2. The van der Waals surface area contributed by atoms with Crippen molar-refractivity contribution in [1.29, 1.82) is 0 Å². The molecule has 3 rings (SSSR count). The Hall–Kier alpha value is -2.06. The van der Waals surface area contributed by atoms with Gasteiger partial charge in [0.15, 0.2) is 5.17 Å². The molecule has 0 aromatic carbocycles. The highest BCUT2D eigenvalue weighted by atomic mass is 32.2. The average Bonchev–Trinajstić information content (AvgIpc) is 3.23. The first-order valence-corrected chi connectivity index (χ1v) is 10.4. The van der Waals surface area contributed by atoms with E-state index in [1.54, 1.807) is 30.0 Å². The zero-order chi connectivity index (χ0) is 18.5. The monoisotopic (exact) mass is 390 g/mol. The maximum Gasteiger partial charge on any atom is 0.340 e. The van der Waals surface area contributed by atoms with Crippen LogP contribution in [-0.2, 0) is 11.2 Å². The highest BCUT2D eigenvalue weighted by Crippen LogP contribution is 2.24.